The Balaban J connectivity index is 0.000000274. The Labute approximate surface area is 534 Å². The standard InChI is InChI=1S/2C20H23BrS3.C12H7BrS3.C4H9Cl.2CH4.Al.3ClH/c1-19(2,3)12-7-15(22-10-12)16-9-14(21)18(24-16)17-8-13(11-23-17)20(4,5)6;1-19(2,3)16-9-7-13(22-16)15-11-12(21)18(24-15)14-8-10-17(23-14)20(4,5)6;13-8-7-11(9-3-1-5-14-9)16-12(8)10-4-2-6-15-10;1-4(2,3)5;;;;;;/h2*7-11H,1-6H3;1-7H;1-3H3;2*1H4;;3*1H/q;;;;;;+3;;;/p-3. The minimum Gasteiger partial charge on any atom is -0.214 e. The van der Waals surface area contributed by atoms with Gasteiger partial charge in [0.25, 0.3) is 0 Å². The Morgan fingerprint density at radius 1 is 0.373 bits per heavy atom. The van der Waals surface area contributed by atoms with Crippen molar-refractivity contribution in [3.8, 4) is 58.5 Å². The Morgan fingerprint density at radius 2 is 0.707 bits per heavy atom. The van der Waals surface area contributed by atoms with Crippen molar-refractivity contribution in [3.05, 3.63) is 135 Å². The summed E-state index contributed by atoms with van der Waals surface area (Å²) < 4.78 is 3.61. The smallest absolute Gasteiger partial charge is 0.214 e. The molecule has 0 spiro atoms. The number of halogens is 7. The van der Waals surface area contributed by atoms with Crippen LogP contribution in [-0.2, 0) is 21.7 Å². The van der Waals surface area contributed by atoms with Crippen LogP contribution in [0.3, 0.4) is 0 Å². The second kappa shape index (κ2) is 29.6. The highest BCUT2D eigenvalue weighted by Crippen LogP contribution is 2.49. The van der Waals surface area contributed by atoms with Gasteiger partial charge in [0.1, 0.15) is 0 Å². The zero-order valence-electron chi connectivity index (χ0n) is 43.7. The average molecular weight is 1460 g/mol. The van der Waals surface area contributed by atoms with Crippen LogP contribution in [0.5, 0.6) is 0 Å². The Hall–Kier alpha value is 0.432. The van der Waals surface area contributed by atoms with Crippen molar-refractivity contribution in [3.63, 3.8) is 0 Å². The predicted molar refractivity (Wildman–Crippen MR) is 373 cm³/mol. The number of thiophene rings is 9. The molecule has 9 aromatic rings. The Morgan fingerprint density at radius 3 is 1.08 bits per heavy atom. The van der Waals surface area contributed by atoms with Crippen LogP contribution < -0.4 is 0 Å². The Kier molecular flexibility index (Phi) is 27.5. The van der Waals surface area contributed by atoms with E-state index in [0.29, 0.717) is 0 Å². The number of hydrogen-bond donors (Lipinski definition) is 0. The van der Waals surface area contributed by atoms with Gasteiger partial charge >= 0.3 is 11.4 Å². The maximum Gasteiger partial charge on any atom is 0.643 e. The zero-order chi connectivity index (χ0) is 54.4. The van der Waals surface area contributed by atoms with Crippen LogP contribution in [0.2, 0.25) is 0 Å². The molecule has 0 saturated heterocycles. The van der Waals surface area contributed by atoms with E-state index in [0.717, 1.165) is 0 Å². The molecule has 0 atom stereocenters. The molecule has 0 aliphatic carbocycles. The molecule has 0 N–H and O–H groups in total. The summed E-state index contributed by atoms with van der Waals surface area (Å²) in [6.07, 6.45) is 0. The third kappa shape index (κ3) is 21.6. The third-order valence-corrected chi connectivity index (χ3v) is 23.9. The highest BCUT2D eigenvalue weighted by atomic mass is 79.9. The summed E-state index contributed by atoms with van der Waals surface area (Å²) in [5.74, 6) is 0. The van der Waals surface area contributed by atoms with E-state index in [2.05, 4.69) is 231 Å². The molecule has 0 bridgehead atoms. The van der Waals surface area contributed by atoms with Crippen molar-refractivity contribution in [2.24, 2.45) is 0 Å². The molecule has 75 heavy (non-hydrogen) atoms. The highest BCUT2D eigenvalue weighted by Gasteiger charge is 2.23. The monoisotopic (exact) mass is 1460 g/mol. The average Bonchev–Trinajstić information content (AvgIpc) is 4.09. The van der Waals surface area contributed by atoms with Gasteiger partial charge in [-0.3, -0.25) is 0 Å². The van der Waals surface area contributed by atoms with Crippen molar-refractivity contribution in [1.29, 1.82) is 0 Å². The number of rotatable bonds is 6. The Bertz CT molecular complexity index is 2930. The minimum atomic E-state index is -1.72. The summed E-state index contributed by atoms with van der Waals surface area (Å²) in [6, 6.07) is 29.1. The fourth-order valence-corrected chi connectivity index (χ4v) is 18.8. The summed E-state index contributed by atoms with van der Waals surface area (Å²) in [7, 11) is 14.8. The van der Waals surface area contributed by atoms with Gasteiger partial charge < -0.3 is 0 Å². The summed E-state index contributed by atoms with van der Waals surface area (Å²) in [5, 5.41) is 8.83. The molecule has 0 fully saturated rings. The molecule has 0 nitrogen and oxygen atoms in total. The third-order valence-electron chi connectivity index (χ3n) is 10.1. The van der Waals surface area contributed by atoms with E-state index in [-0.39, 0.29) is 41.4 Å². The van der Waals surface area contributed by atoms with Crippen molar-refractivity contribution >= 4 is 203 Å². The zero-order valence-corrected chi connectivity index (χ0v) is 60.0. The van der Waals surface area contributed by atoms with Crippen LogP contribution in [0.4, 0.5) is 0 Å². The van der Waals surface area contributed by atoms with Gasteiger partial charge in [-0.2, -0.15) is 0 Å². The minimum absolute atomic E-state index is 0. The van der Waals surface area contributed by atoms with E-state index >= 15 is 0 Å². The van der Waals surface area contributed by atoms with Crippen molar-refractivity contribution in [2.75, 3.05) is 0 Å². The topological polar surface area (TPSA) is 0 Å². The van der Waals surface area contributed by atoms with Gasteiger partial charge in [0.05, 0.1) is 14.6 Å². The van der Waals surface area contributed by atoms with E-state index in [9.17, 15) is 0 Å². The van der Waals surface area contributed by atoms with Crippen molar-refractivity contribution in [2.45, 2.75) is 145 Å². The fraction of sp³-hybridized carbons (Fsp3) is 0.379. The van der Waals surface area contributed by atoms with Crippen molar-refractivity contribution < 1.29 is 0 Å². The van der Waals surface area contributed by atoms with Crippen LogP contribution in [0.1, 0.15) is 140 Å². The van der Waals surface area contributed by atoms with E-state index < -0.39 is 11.4 Å². The van der Waals surface area contributed by atoms with Crippen LogP contribution in [0, 0.1) is 0 Å². The van der Waals surface area contributed by atoms with Gasteiger partial charge in [-0.15, -0.1) is 114 Å². The lowest BCUT2D eigenvalue weighted by atomic mass is 9.89. The van der Waals surface area contributed by atoms with Gasteiger partial charge in [0, 0.05) is 71.9 Å². The first-order valence-electron chi connectivity index (χ1n) is 23.2. The number of hydrogen-bond acceptors (Lipinski definition) is 9. The molecular weight excluding hydrogens is 1390 g/mol. The van der Waals surface area contributed by atoms with Crippen molar-refractivity contribution in [1.82, 2.24) is 0 Å². The molecule has 9 aromatic heterocycles. The van der Waals surface area contributed by atoms with Crippen LogP contribution in [-0.4, -0.2) is 16.3 Å². The maximum atomic E-state index is 5.53. The first-order chi connectivity index (χ1) is 33.7. The predicted octanol–water partition coefficient (Wildman–Crippen LogP) is 28.1. The lowest BCUT2D eigenvalue weighted by molar-refractivity contribution is 0.592. The summed E-state index contributed by atoms with van der Waals surface area (Å²) in [6.45, 7) is 33.1. The van der Waals surface area contributed by atoms with E-state index in [1.165, 1.54) is 92.8 Å². The summed E-state index contributed by atoms with van der Waals surface area (Å²) in [5.41, 5.74) is 3.67. The molecule has 408 valence electrons. The van der Waals surface area contributed by atoms with Crippen LogP contribution in [0.15, 0.2) is 114 Å². The second-order valence-corrected chi connectivity index (χ2v) is 41.0. The van der Waals surface area contributed by atoms with E-state index in [4.69, 9.17) is 41.7 Å². The molecule has 17 heteroatoms. The first-order valence-corrected chi connectivity index (χ1v) is 38.8. The molecule has 0 aliphatic heterocycles. The molecule has 0 saturated carbocycles. The molecule has 9 heterocycles. The van der Waals surface area contributed by atoms with Crippen LogP contribution >= 0.6 is 192 Å². The largest absolute Gasteiger partial charge is 0.643 e. The first kappa shape index (κ1) is 69.7. The molecule has 0 radical (unpaired) electrons. The quantitative estimate of drug-likeness (QED) is 0.115. The molecule has 0 unspecified atom stereocenters. The van der Waals surface area contributed by atoms with E-state index in [1.54, 1.807) is 22.7 Å². The number of alkyl halides is 1. The van der Waals surface area contributed by atoms with Gasteiger partial charge in [-0.1, -0.05) is 110 Å². The van der Waals surface area contributed by atoms with Gasteiger partial charge in [-0.25, -0.2) is 30.1 Å². The maximum absolute atomic E-state index is 5.53. The van der Waals surface area contributed by atoms with E-state index in [1.807, 2.05) is 100 Å². The lowest BCUT2D eigenvalue weighted by Gasteiger charge is -2.15. The van der Waals surface area contributed by atoms with Crippen LogP contribution in [0.25, 0.3) is 58.5 Å². The van der Waals surface area contributed by atoms with Gasteiger partial charge in [0.2, 0.25) is 0 Å². The fourth-order valence-electron chi connectivity index (χ4n) is 6.24. The summed E-state index contributed by atoms with van der Waals surface area (Å²) >= 11 is 31.7. The lowest BCUT2D eigenvalue weighted by Crippen LogP contribution is -2.08. The highest BCUT2D eigenvalue weighted by molar-refractivity contribution is 9.11. The molecule has 9 rings (SSSR count). The summed E-state index contributed by atoms with van der Waals surface area (Å²) in [4.78, 5) is 19.0. The second-order valence-electron chi connectivity index (χ2n) is 21.9. The molecule has 0 aliphatic rings. The molecular formula is C58H70AlBr3Cl4S9. The van der Waals surface area contributed by atoms with Gasteiger partial charge in [-0.05, 0) is 190 Å². The molecule has 0 amide bonds. The SMILES string of the molecule is Brc1cc(-c2cccs2)sc1-c1cccs1.C.C.CC(C)(C)Cl.CC(C)(C)c1ccc(-c2cc(Br)c(-c3ccc(C(C)(C)C)s3)s2)s1.CC(C)(C)c1csc(-c2cc(Br)c(-c3cc(C(C)(C)C)cs3)s2)c1.[Cl][Al]([Cl])[Cl]. The van der Waals surface area contributed by atoms with Gasteiger partial charge in [0.15, 0.2) is 0 Å². The normalized spacial score (nSPS) is 11.7. The molecule has 0 aromatic carbocycles.